The van der Waals surface area contributed by atoms with Crippen molar-refractivity contribution in [2.45, 2.75) is 0 Å². The Kier molecular flexibility index (Phi) is 3.46. The van der Waals surface area contributed by atoms with Crippen LogP contribution in [-0.2, 0) is 0 Å². The number of hydrogen-bond donors (Lipinski definition) is 2. The number of H-pyrrole nitrogens is 2. The molecule has 1 aliphatic rings. The van der Waals surface area contributed by atoms with Gasteiger partial charge >= 0.3 is 5.69 Å². The smallest absolute Gasteiger partial charge is 0.326 e. The second-order valence-corrected chi connectivity index (χ2v) is 5.67. The average molecular weight is 359 g/mol. The van der Waals surface area contributed by atoms with Crippen LogP contribution in [0.1, 0.15) is 5.56 Å². The van der Waals surface area contributed by atoms with Gasteiger partial charge in [0, 0.05) is 21.0 Å². The Morgan fingerprint density at radius 2 is 1.95 bits per heavy atom. The third-order valence-electron chi connectivity index (χ3n) is 3.29. The van der Waals surface area contributed by atoms with E-state index in [1.165, 1.54) is 6.26 Å². The normalized spacial score (nSPS) is 14.3. The highest BCUT2D eigenvalue weighted by atomic mass is 79.9. The Balaban J connectivity index is 2.16. The van der Waals surface area contributed by atoms with Crippen LogP contribution in [0.2, 0.25) is 0 Å². The Morgan fingerprint density at radius 3 is 2.68 bits per heavy atom. The molecule has 1 aliphatic heterocycles. The minimum absolute atomic E-state index is 0.238. The molecule has 2 N–H and O–H groups in total. The predicted molar refractivity (Wildman–Crippen MR) is 88.8 cm³/mol. The highest BCUT2D eigenvalue weighted by Gasteiger charge is 2.16. The van der Waals surface area contributed by atoms with Gasteiger partial charge in [-0.15, -0.1) is 0 Å². The molecule has 0 fully saturated rings. The molecule has 5 nitrogen and oxygen atoms in total. The van der Waals surface area contributed by atoms with Crippen molar-refractivity contribution in [2.24, 2.45) is 0 Å². The molecule has 6 heteroatoms. The number of fused-ring (bicyclic) bond motifs is 1. The lowest BCUT2D eigenvalue weighted by Crippen LogP contribution is -2.47. The number of benzene rings is 1. The first-order chi connectivity index (χ1) is 10.5. The number of ether oxygens (including phenoxy) is 1. The molecular weight excluding hydrogens is 348 g/mol. The first-order valence-electron chi connectivity index (χ1n) is 6.35. The summed E-state index contributed by atoms with van der Waals surface area (Å²) in [5.41, 5.74) is 1.08. The minimum Gasteiger partial charge on any atom is -0.464 e. The second-order valence-electron chi connectivity index (χ2n) is 4.75. The Labute approximate surface area is 133 Å². The topological polar surface area (TPSA) is 75.0 Å². The first kappa shape index (κ1) is 14.3. The molecule has 0 radical (unpaired) electrons. The van der Waals surface area contributed by atoms with Crippen LogP contribution in [0.4, 0.5) is 0 Å². The zero-order valence-electron chi connectivity index (χ0n) is 11.4. The number of halogens is 1. The molecule has 0 saturated heterocycles. The summed E-state index contributed by atoms with van der Waals surface area (Å²) in [5, 5.41) is 0.497. The largest absolute Gasteiger partial charge is 0.464 e. The predicted octanol–water partition coefficient (Wildman–Crippen LogP) is 1.01. The molecule has 1 aromatic heterocycles. The van der Waals surface area contributed by atoms with Gasteiger partial charge < -0.3 is 9.72 Å². The summed E-state index contributed by atoms with van der Waals surface area (Å²) in [6.45, 7) is 7.73. The molecule has 0 amide bonds. The molecule has 0 unspecified atom stereocenters. The summed E-state index contributed by atoms with van der Waals surface area (Å²) >= 11 is 3.40. The van der Waals surface area contributed by atoms with E-state index in [-0.39, 0.29) is 10.6 Å². The van der Waals surface area contributed by atoms with Crippen molar-refractivity contribution >= 4 is 34.2 Å². The van der Waals surface area contributed by atoms with E-state index in [1.54, 1.807) is 6.08 Å². The molecule has 0 saturated carbocycles. The molecule has 22 heavy (non-hydrogen) atoms. The van der Waals surface area contributed by atoms with Gasteiger partial charge in [-0.2, -0.15) is 0 Å². The maximum absolute atomic E-state index is 11.9. The van der Waals surface area contributed by atoms with E-state index >= 15 is 0 Å². The number of hydrogen-bond acceptors (Lipinski definition) is 3. The van der Waals surface area contributed by atoms with E-state index in [4.69, 9.17) is 4.74 Å². The fraction of sp³-hybridized carbons (Fsp3) is 0. The van der Waals surface area contributed by atoms with Gasteiger partial charge in [0.2, 0.25) is 0 Å². The minimum atomic E-state index is -0.589. The lowest BCUT2D eigenvalue weighted by molar-refractivity contribution is 0.473. The van der Waals surface area contributed by atoms with Gasteiger partial charge in [0.1, 0.15) is 5.75 Å². The molecule has 3 rings (SSSR count). The fourth-order valence-corrected chi connectivity index (χ4v) is 2.53. The van der Waals surface area contributed by atoms with Crippen LogP contribution in [0, 0.1) is 0 Å². The van der Waals surface area contributed by atoms with Gasteiger partial charge in [0.15, 0.2) is 0 Å². The van der Waals surface area contributed by atoms with Crippen LogP contribution < -0.4 is 26.6 Å². The zero-order chi connectivity index (χ0) is 15.9. The van der Waals surface area contributed by atoms with Gasteiger partial charge in [-0.1, -0.05) is 29.1 Å². The van der Waals surface area contributed by atoms with Crippen LogP contribution in [0.25, 0.3) is 18.2 Å². The Hall–Kier alpha value is -2.60. The van der Waals surface area contributed by atoms with Gasteiger partial charge in [-0.25, -0.2) is 4.79 Å². The van der Waals surface area contributed by atoms with Crippen LogP contribution in [0.15, 0.2) is 50.7 Å². The highest BCUT2D eigenvalue weighted by Crippen LogP contribution is 2.36. The summed E-state index contributed by atoms with van der Waals surface area (Å²) < 4.78 is 6.46. The summed E-state index contributed by atoms with van der Waals surface area (Å²) in [6, 6.07) is 5.59. The molecule has 1 aromatic carbocycles. The van der Waals surface area contributed by atoms with Gasteiger partial charge in [-0.3, -0.25) is 9.78 Å². The van der Waals surface area contributed by atoms with Crippen LogP contribution >= 0.6 is 15.9 Å². The number of allylic oxidation sites excluding steroid dienone is 2. The van der Waals surface area contributed by atoms with Crippen molar-refractivity contribution in [3.05, 3.63) is 78.1 Å². The summed E-state index contributed by atoms with van der Waals surface area (Å²) in [5.74, 6) is 0.690. The van der Waals surface area contributed by atoms with Crippen LogP contribution in [0.3, 0.4) is 0 Å². The van der Waals surface area contributed by atoms with Gasteiger partial charge in [0.05, 0.1) is 11.5 Å². The average Bonchev–Trinajstić information content (AvgIpc) is 2.45. The van der Waals surface area contributed by atoms with Crippen LogP contribution in [-0.4, -0.2) is 9.97 Å². The molecule has 0 bridgehead atoms. The number of aromatic nitrogens is 2. The van der Waals surface area contributed by atoms with Crippen molar-refractivity contribution in [1.82, 2.24) is 9.97 Å². The molecule has 2 aromatic rings. The van der Waals surface area contributed by atoms with Gasteiger partial charge in [-0.05, 0) is 29.8 Å². The van der Waals surface area contributed by atoms with E-state index in [2.05, 4.69) is 39.1 Å². The molecule has 110 valence electrons. The van der Waals surface area contributed by atoms with E-state index < -0.39 is 11.2 Å². The third kappa shape index (κ3) is 2.48. The SMILES string of the molecule is C=C1C(/C=c2/c(=C)[nH]c(=O)[nH]c2=O)=COc2ccc(Br)cc21. The zero-order valence-corrected chi connectivity index (χ0v) is 13.0. The van der Waals surface area contributed by atoms with E-state index in [1.807, 2.05) is 18.2 Å². The molecule has 0 spiro atoms. The van der Waals surface area contributed by atoms with Crippen molar-refractivity contribution in [1.29, 1.82) is 0 Å². The standard InChI is InChI=1S/C16H11BrN2O3/c1-8-10(5-13-9(2)18-16(21)19-15(13)20)7-22-14-4-3-11(17)6-12(8)14/h3-7H,1-2H2,(H2,18,19,20,21)/b13-5-. The van der Waals surface area contributed by atoms with E-state index in [0.717, 1.165) is 10.0 Å². The fourth-order valence-electron chi connectivity index (χ4n) is 2.17. The number of aromatic amines is 2. The maximum atomic E-state index is 11.9. The summed E-state index contributed by atoms with van der Waals surface area (Å²) in [4.78, 5) is 27.7. The van der Waals surface area contributed by atoms with Crippen molar-refractivity contribution in [2.75, 3.05) is 0 Å². The maximum Gasteiger partial charge on any atom is 0.326 e. The van der Waals surface area contributed by atoms with Crippen molar-refractivity contribution < 1.29 is 4.74 Å². The lowest BCUT2D eigenvalue weighted by Gasteiger charge is -2.18. The molecule has 2 heterocycles. The molecular formula is C16H11BrN2O3. The van der Waals surface area contributed by atoms with E-state index in [9.17, 15) is 9.59 Å². The third-order valence-corrected chi connectivity index (χ3v) is 3.78. The number of nitrogens with one attached hydrogen (secondary N) is 2. The number of rotatable bonds is 1. The van der Waals surface area contributed by atoms with Gasteiger partial charge in [0.25, 0.3) is 5.56 Å². The van der Waals surface area contributed by atoms with Crippen molar-refractivity contribution in [3.63, 3.8) is 0 Å². The van der Waals surface area contributed by atoms with Crippen molar-refractivity contribution in [3.8, 4) is 5.75 Å². The monoisotopic (exact) mass is 358 g/mol. The lowest BCUT2D eigenvalue weighted by atomic mass is 9.97. The summed E-state index contributed by atoms with van der Waals surface area (Å²) in [7, 11) is 0. The molecule has 0 atom stereocenters. The second kappa shape index (κ2) is 5.31. The van der Waals surface area contributed by atoms with E-state index in [0.29, 0.717) is 16.9 Å². The summed E-state index contributed by atoms with van der Waals surface area (Å²) in [6.07, 6.45) is 3.10. The quantitative estimate of drug-likeness (QED) is 0.798. The van der Waals surface area contributed by atoms with Crippen LogP contribution in [0.5, 0.6) is 5.75 Å². The first-order valence-corrected chi connectivity index (χ1v) is 7.14. The molecule has 0 aliphatic carbocycles. The Morgan fingerprint density at radius 1 is 1.18 bits per heavy atom. The Bertz CT molecular complexity index is 1010. The highest BCUT2D eigenvalue weighted by molar-refractivity contribution is 9.10.